The summed E-state index contributed by atoms with van der Waals surface area (Å²) in [5.41, 5.74) is 2.53. The summed E-state index contributed by atoms with van der Waals surface area (Å²) < 4.78 is 14.4. The summed E-state index contributed by atoms with van der Waals surface area (Å²) in [6, 6.07) is 25.1. The Bertz CT molecular complexity index is 1670. The normalized spacial score (nSPS) is 11.9. The van der Waals surface area contributed by atoms with E-state index in [-0.39, 0.29) is 11.5 Å². The maximum Gasteiger partial charge on any atom is 0.220 e. The third kappa shape index (κ3) is 6.09. The number of nitro groups is 1. The van der Waals surface area contributed by atoms with Crippen LogP contribution in [0.2, 0.25) is 5.02 Å². The van der Waals surface area contributed by atoms with Crippen molar-refractivity contribution in [2.24, 2.45) is 0 Å². The van der Waals surface area contributed by atoms with Gasteiger partial charge in [0.1, 0.15) is 17.7 Å². The van der Waals surface area contributed by atoms with Crippen molar-refractivity contribution in [3.63, 3.8) is 0 Å². The Morgan fingerprint density at radius 3 is 2.58 bits per heavy atom. The minimum atomic E-state index is -0.582. The Kier molecular flexibility index (Phi) is 8.58. The zero-order chi connectivity index (χ0) is 28.2. The summed E-state index contributed by atoms with van der Waals surface area (Å²) >= 11 is 10.9. The number of fused-ring (bicyclic) bond motifs is 1. The first-order valence-corrected chi connectivity index (χ1v) is 14.3. The van der Waals surface area contributed by atoms with E-state index in [9.17, 15) is 10.1 Å². The Hall–Kier alpha value is -3.60. The molecule has 1 aromatic heterocycles. The standard InChI is InChI=1S/C29H24BrClN4O4S/c1-18-32-33-29(35(18)23-12-10-22(31)11-13-23)40-27(16-34(36)37)21-14-25(30)28(26(15-21)38-2)39-17-20-8-5-7-19-6-3-4-9-24(19)20/h3-15,27H,16-17H2,1-2H3/t27-/m0/s1. The van der Waals surface area contributed by atoms with Gasteiger partial charge in [0.2, 0.25) is 6.54 Å². The highest BCUT2D eigenvalue weighted by Gasteiger charge is 2.26. The van der Waals surface area contributed by atoms with E-state index in [1.165, 1.54) is 11.8 Å². The number of aromatic nitrogens is 3. The lowest BCUT2D eigenvalue weighted by atomic mass is 10.1. The molecule has 0 fully saturated rings. The maximum absolute atomic E-state index is 11.7. The highest BCUT2D eigenvalue weighted by atomic mass is 79.9. The maximum atomic E-state index is 11.7. The van der Waals surface area contributed by atoms with Gasteiger partial charge in [-0.15, -0.1) is 10.2 Å². The third-order valence-corrected chi connectivity index (χ3v) is 8.34. The fourth-order valence-corrected chi connectivity index (χ4v) is 6.27. The van der Waals surface area contributed by atoms with Crippen LogP contribution < -0.4 is 9.47 Å². The monoisotopic (exact) mass is 638 g/mol. The van der Waals surface area contributed by atoms with Gasteiger partial charge in [0.05, 0.1) is 11.6 Å². The van der Waals surface area contributed by atoms with E-state index in [0.29, 0.717) is 44.1 Å². The van der Waals surface area contributed by atoms with E-state index in [4.69, 9.17) is 21.1 Å². The van der Waals surface area contributed by atoms with Crippen LogP contribution in [0.1, 0.15) is 22.2 Å². The number of nitrogens with zero attached hydrogens (tertiary/aromatic N) is 4. The van der Waals surface area contributed by atoms with Crippen LogP contribution in [-0.2, 0) is 6.61 Å². The number of aryl methyl sites for hydroxylation is 1. The summed E-state index contributed by atoms with van der Waals surface area (Å²) in [6.45, 7) is 1.82. The first-order valence-electron chi connectivity index (χ1n) is 12.3. The Morgan fingerprint density at radius 2 is 1.82 bits per heavy atom. The molecule has 0 saturated heterocycles. The van der Waals surface area contributed by atoms with Gasteiger partial charge in [-0.3, -0.25) is 14.7 Å². The average Bonchev–Trinajstić information content (AvgIpc) is 3.31. The van der Waals surface area contributed by atoms with E-state index in [2.05, 4.69) is 44.3 Å². The van der Waals surface area contributed by atoms with E-state index < -0.39 is 5.25 Å². The molecule has 11 heteroatoms. The molecule has 0 unspecified atom stereocenters. The van der Waals surface area contributed by atoms with Crippen LogP contribution in [0.15, 0.2) is 88.5 Å². The molecule has 4 aromatic carbocycles. The van der Waals surface area contributed by atoms with Crippen LogP contribution in [0.4, 0.5) is 0 Å². The van der Waals surface area contributed by atoms with Gasteiger partial charge in [-0.2, -0.15) is 0 Å². The molecular formula is C29H24BrClN4O4S. The van der Waals surface area contributed by atoms with Crippen LogP contribution in [0.25, 0.3) is 16.5 Å². The number of halogens is 2. The molecule has 204 valence electrons. The van der Waals surface area contributed by atoms with E-state index in [0.717, 1.165) is 22.0 Å². The predicted molar refractivity (Wildman–Crippen MR) is 161 cm³/mol. The molecule has 0 amide bonds. The summed E-state index contributed by atoms with van der Waals surface area (Å²) in [7, 11) is 1.55. The van der Waals surface area contributed by atoms with Crippen molar-refractivity contribution in [3.8, 4) is 17.2 Å². The first-order chi connectivity index (χ1) is 19.3. The molecule has 5 aromatic rings. The number of hydrogen-bond acceptors (Lipinski definition) is 7. The molecule has 0 radical (unpaired) electrons. The minimum absolute atomic E-state index is 0.326. The fourth-order valence-electron chi connectivity index (χ4n) is 4.41. The molecule has 0 bridgehead atoms. The molecule has 0 aliphatic carbocycles. The van der Waals surface area contributed by atoms with Crippen molar-refractivity contribution < 1.29 is 14.4 Å². The summed E-state index contributed by atoms with van der Waals surface area (Å²) in [6.07, 6.45) is 0. The minimum Gasteiger partial charge on any atom is -0.493 e. The molecule has 40 heavy (non-hydrogen) atoms. The van der Waals surface area contributed by atoms with Gasteiger partial charge in [-0.1, -0.05) is 65.8 Å². The second-order valence-corrected chi connectivity index (χ2v) is 11.4. The quantitative estimate of drug-likeness (QED) is 0.0873. The van der Waals surface area contributed by atoms with Gasteiger partial charge in [0.25, 0.3) is 0 Å². The van der Waals surface area contributed by atoms with E-state index in [1.807, 2.05) is 54.0 Å². The zero-order valence-corrected chi connectivity index (χ0v) is 24.7. The molecule has 0 spiro atoms. The van der Waals surface area contributed by atoms with E-state index in [1.54, 1.807) is 25.3 Å². The van der Waals surface area contributed by atoms with Crippen LogP contribution >= 0.6 is 39.3 Å². The Balaban J connectivity index is 1.45. The van der Waals surface area contributed by atoms with Crippen molar-refractivity contribution in [2.75, 3.05) is 13.7 Å². The number of rotatable bonds is 10. The average molecular weight is 640 g/mol. The lowest BCUT2D eigenvalue weighted by molar-refractivity contribution is -0.479. The number of ether oxygens (including phenoxy) is 2. The second-order valence-electron chi connectivity index (χ2n) is 8.92. The van der Waals surface area contributed by atoms with E-state index >= 15 is 0 Å². The molecular weight excluding hydrogens is 616 g/mol. The molecule has 5 rings (SSSR count). The lowest BCUT2D eigenvalue weighted by Gasteiger charge is -2.18. The molecule has 1 heterocycles. The van der Waals surface area contributed by atoms with Gasteiger partial charge in [-0.25, -0.2) is 0 Å². The first kappa shape index (κ1) is 27.9. The predicted octanol–water partition coefficient (Wildman–Crippen LogP) is 7.84. The number of hydrogen-bond donors (Lipinski definition) is 0. The zero-order valence-electron chi connectivity index (χ0n) is 21.6. The second kappa shape index (κ2) is 12.3. The smallest absolute Gasteiger partial charge is 0.220 e. The largest absolute Gasteiger partial charge is 0.493 e. The van der Waals surface area contributed by atoms with Gasteiger partial charge in [-0.05, 0) is 81.2 Å². The Morgan fingerprint density at radius 1 is 1.07 bits per heavy atom. The summed E-state index contributed by atoms with van der Waals surface area (Å²) in [4.78, 5) is 11.4. The van der Waals surface area contributed by atoms with Crippen molar-refractivity contribution in [1.29, 1.82) is 0 Å². The molecule has 0 N–H and O–H groups in total. The van der Waals surface area contributed by atoms with Crippen molar-refractivity contribution >= 4 is 50.1 Å². The molecule has 1 atom stereocenters. The molecule has 0 aliphatic heterocycles. The van der Waals surface area contributed by atoms with Crippen molar-refractivity contribution in [2.45, 2.75) is 23.9 Å². The van der Waals surface area contributed by atoms with Crippen LogP contribution in [0.5, 0.6) is 11.5 Å². The van der Waals surface area contributed by atoms with Crippen LogP contribution in [0, 0.1) is 17.0 Å². The van der Waals surface area contributed by atoms with Crippen molar-refractivity contribution in [3.05, 3.63) is 115 Å². The van der Waals surface area contributed by atoms with Crippen molar-refractivity contribution in [1.82, 2.24) is 14.8 Å². The van der Waals surface area contributed by atoms with Crippen LogP contribution in [-0.4, -0.2) is 33.3 Å². The summed E-state index contributed by atoms with van der Waals surface area (Å²) in [5.74, 6) is 1.64. The molecule has 0 saturated carbocycles. The SMILES string of the molecule is COc1cc([C@H](C[N+](=O)[O-])Sc2nnc(C)n2-c2ccc(Cl)cc2)cc(Br)c1OCc1cccc2ccccc12. The molecule has 0 aliphatic rings. The fraction of sp³-hybridized carbons (Fsp3) is 0.172. The highest BCUT2D eigenvalue weighted by Crippen LogP contribution is 2.43. The number of methoxy groups -OCH3 is 1. The molecule has 8 nitrogen and oxygen atoms in total. The third-order valence-electron chi connectivity index (χ3n) is 6.32. The van der Waals surface area contributed by atoms with Gasteiger partial charge in [0.15, 0.2) is 16.7 Å². The van der Waals surface area contributed by atoms with Gasteiger partial charge in [0, 0.05) is 15.6 Å². The van der Waals surface area contributed by atoms with Gasteiger partial charge < -0.3 is 9.47 Å². The highest BCUT2D eigenvalue weighted by molar-refractivity contribution is 9.10. The topological polar surface area (TPSA) is 92.3 Å². The number of benzene rings is 4. The van der Waals surface area contributed by atoms with Gasteiger partial charge >= 0.3 is 0 Å². The lowest BCUT2D eigenvalue weighted by Crippen LogP contribution is -2.12. The Labute approximate surface area is 248 Å². The van der Waals surface area contributed by atoms with Crippen LogP contribution in [0.3, 0.4) is 0 Å². The summed E-state index contributed by atoms with van der Waals surface area (Å²) in [5, 5.41) is 23.0. The number of thioether (sulfide) groups is 1.